The zero-order valence-corrected chi connectivity index (χ0v) is 19.6. The molecule has 30 heavy (non-hydrogen) atoms. The molecule has 0 aliphatic carbocycles. The third-order valence-electron chi connectivity index (χ3n) is 5.28. The van der Waals surface area contributed by atoms with E-state index < -0.39 is 0 Å². The summed E-state index contributed by atoms with van der Waals surface area (Å²) in [6, 6.07) is 0. The van der Waals surface area contributed by atoms with Crippen LogP contribution in [0.2, 0.25) is 0 Å². The van der Waals surface area contributed by atoms with Gasteiger partial charge in [-0.25, -0.2) is 9.97 Å². The van der Waals surface area contributed by atoms with Crippen LogP contribution in [-0.2, 0) is 13.6 Å². The zero-order chi connectivity index (χ0) is 21.3. The van der Waals surface area contributed by atoms with E-state index in [9.17, 15) is 4.79 Å². The molecule has 1 saturated heterocycles. The van der Waals surface area contributed by atoms with Gasteiger partial charge >= 0.3 is 0 Å². The summed E-state index contributed by atoms with van der Waals surface area (Å²) in [5.41, 5.74) is 2.45. The maximum Gasteiger partial charge on any atom is 0.256 e. The first-order chi connectivity index (χ1) is 14.4. The lowest BCUT2D eigenvalue weighted by Gasteiger charge is -2.23. The van der Waals surface area contributed by atoms with Gasteiger partial charge in [0.15, 0.2) is 5.65 Å². The lowest BCUT2D eigenvalue weighted by molar-refractivity contribution is 0.0757. The topological polar surface area (TPSA) is 67.2 Å². The highest BCUT2D eigenvalue weighted by molar-refractivity contribution is 8.00. The van der Waals surface area contributed by atoms with E-state index in [-0.39, 0.29) is 5.91 Å². The van der Waals surface area contributed by atoms with Crippen molar-refractivity contribution in [2.24, 2.45) is 7.05 Å². The van der Waals surface area contributed by atoms with Crippen LogP contribution in [0.25, 0.3) is 11.0 Å². The molecule has 0 bridgehead atoms. The van der Waals surface area contributed by atoms with Crippen LogP contribution in [0.1, 0.15) is 41.3 Å². The van der Waals surface area contributed by atoms with Crippen LogP contribution in [0.3, 0.4) is 0 Å². The predicted molar refractivity (Wildman–Crippen MR) is 122 cm³/mol. The molecule has 3 aromatic heterocycles. The molecule has 0 radical (unpaired) electrons. The predicted octanol–water partition coefficient (Wildman–Crippen LogP) is 3.58. The second-order valence-electron chi connectivity index (χ2n) is 7.92. The van der Waals surface area contributed by atoms with Gasteiger partial charge in [0, 0.05) is 61.1 Å². The fourth-order valence-electron chi connectivity index (χ4n) is 3.91. The molecular formula is C21H28N6OS2. The van der Waals surface area contributed by atoms with Crippen LogP contribution >= 0.6 is 23.1 Å². The number of carbonyl (C=O) groups excluding carboxylic acids is 1. The molecule has 4 rings (SSSR count). The van der Waals surface area contributed by atoms with Gasteiger partial charge in [0.05, 0.1) is 23.2 Å². The molecule has 1 aliphatic rings. The van der Waals surface area contributed by atoms with Gasteiger partial charge in [-0.3, -0.25) is 14.4 Å². The Bertz CT molecular complexity index is 1030. The average molecular weight is 445 g/mol. The number of pyridine rings is 1. The minimum atomic E-state index is 0.0758. The van der Waals surface area contributed by atoms with Gasteiger partial charge in [0.25, 0.3) is 5.91 Å². The van der Waals surface area contributed by atoms with Crippen molar-refractivity contribution in [1.82, 2.24) is 29.5 Å². The molecule has 9 heteroatoms. The minimum Gasteiger partial charge on any atom is -0.337 e. The number of hydrogen-bond acceptors (Lipinski definition) is 7. The monoisotopic (exact) mass is 444 g/mol. The summed E-state index contributed by atoms with van der Waals surface area (Å²) < 4.78 is 1.80. The summed E-state index contributed by atoms with van der Waals surface area (Å²) in [6.45, 7) is 10.5. The molecule has 0 N–H and O–H groups in total. The molecule has 0 unspecified atom stereocenters. The molecule has 0 saturated carbocycles. The number of thiazole rings is 1. The molecule has 0 atom stereocenters. The lowest BCUT2D eigenvalue weighted by atomic mass is 10.1. The molecule has 4 heterocycles. The normalized spacial score (nSPS) is 15.8. The summed E-state index contributed by atoms with van der Waals surface area (Å²) in [4.78, 5) is 27.9. The molecule has 3 aromatic rings. The van der Waals surface area contributed by atoms with Crippen LogP contribution in [0.4, 0.5) is 0 Å². The van der Waals surface area contributed by atoms with E-state index in [1.807, 2.05) is 30.4 Å². The second kappa shape index (κ2) is 9.03. The quantitative estimate of drug-likeness (QED) is 0.561. The SMILES string of the molecule is Cc1nn(C)c2ncc(C(=O)N3CCCN(Cc4nccs4)CC3)c(SC(C)C)c12. The minimum absolute atomic E-state index is 0.0758. The van der Waals surface area contributed by atoms with Gasteiger partial charge in [0.1, 0.15) is 5.01 Å². The number of aryl methyl sites for hydroxylation is 2. The Morgan fingerprint density at radius 1 is 1.23 bits per heavy atom. The third kappa shape index (κ3) is 4.38. The fraction of sp³-hybridized carbons (Fsp3) is 0.524. The van der Waals surface area contributed by atoms with Crippen molar-refractivity contribution in [1.29, 1.82) is 0 Å². The standard InChI is InChI=1S/C21H28N6OS2/c1-14(2)30-19-16(12-23-20-18(19)15(3)24-25(20)4)21(28)27-8-5-7-26(9-10-27)13-17-22-6-11-29-17/h6,11-12,14H,5,7-10,13H2,1-4H3. The lowest BCUT2D eigenvalue weighted by Crippen LogP contribution is -2.35. The summed E-state index contributed by atoms with van der Waals surface area (Å²) in [6.07, 6.45) is 4.56. The van der Waals surface area contributed by atoms with Crippen LogP contribution in [0.15, 0.2) is 22.7 Å². The van der Waals surface area contributed by atoms with E-state index in [1.165, 1.54) is 0 Å². The first-order valence-electron chi connectivity index (χ1n) is 10.3. The smallest absolute Gasteiger partial charge is 0.256 e. The molecule has 0 spiro atoms. The van der Waals surface area contributed by atoms with Crippen molar-refractivity contribution in [3.63, 3.8) is 0 Å². The van der Waals surface area contributed by atoms with Crippen LogP contribution in [0, 0.1) is 6.92 Å². The Labute approximate surface area is 185 Å². The average Bonchev–Trinajstić information content (AvgIpc) is 3.23. The summed E-state index contributed by atoms with van der Waals surface area (Å²) in [7, 11) is 1.90. The number of fused-ring (bicyclic) bond motifs is 1. The molecule has 0 aromatic carbocycles. The largest absolute Gasteiger partial charge is 0.337 e. The molecular weight excluding hydrogens is 416 g/mol. The Morgan fingerprint density at radius 2 is 2.07 bits per heavy atom. The fourth-order valence-corrected chi connectivity index (χ4v) is 5.67. The van der Waals surface area contributed by atoms with E-state index in [0.717, 1.165) is 65.8 Å². The third-order valence-corrected chi connectivity index (χ3v) is 7.18. The van der Waals surface area contributed by atoms with Crippen molar-refractivity contribution in [2.75, 3.05) is 26.2 Å². The van der Waals surface area contributed by atoms with Crippen molar-refractivity contribution >= 4 is 40.0 Å². The highest BCUT2D eigenvalue weighted by Gasteiger charge is 2.26. The maximum atomic E-state index is 13.6. The van der Waals surface area contributed by atoms with Gasteiger partial charge in [-0.15, -0.1) is 23.1 Å². The number of hydrogen-bond donors (Lipinski definition) is 0. The van der Waals surface area contributed by atoms with Gasteiger partial charge in [-0.2, -0.15) is 5.10 Å². The van der Waals surface area contributed by atoms with E-state index >= 15 is 0 Å². The van der Waals surface area contributed by atoms with E-state index in [2.05, 4.69) is 33.8 Å². The molecule has 1 aliphatic heterocycles. The van der Waals surface area contributed by atoms with Crippen LogP contribution in [-0.4, -0.2) is 66.9 Å². The number of thioether (sulfide) groups is 1. The van der Waals surface area contributed by atoms with Gasteiger partial charge in [0.2, 0.25) is 0 Å². The van der Waals surface area contributed by atoms with Crippen molar-refractivity contribution < 1.29 is 4.79 Å². The first-order valence-corrected chi connectivity index (χ1v) is 12.1. The van der Waals surface area contributed by atoms with Crippen molar-refractivity contribution in [2.45, 2.75) is 43.9 Å². The summed E-state index contributed by atoms with van der Waals surface area (Å²) in [5, 5.41) is 9.04. The molecule has 1 fully saturated rings. The number of carbonyl (C=O) groups is 1. The zero-order valence-electron chi connectivity index (χ0n) is 18.0. The Balaban J connectivity index is 1.58. The Kier molecular flexibility index (Phi) is 6.40. The maximum absolute atomic E-state index is 13.6. The van der Waals surface area contributed by atoms with Crippen LogP contribution in [0.5, 0.6) is 0 Å². The molecule has 160 valence electrons. The van der Waals surface area contributed by atoms with E-state index in [0.29, 0.717) is 10.8 Å². The number of aromatic nitrogens is 4. The molecule has 7 nitrogen and oxygen atoms in total. The van der Waals surface area contributed by atoms with Gasteiger partial charge in [-0.1, -0.05) is 13.8 Å². The highest BCUT2D eigenvalue weighted by atomic mass is 32.2. The Hall–Kier alpha value is -1.97. The molecule has 1 amide bonds. The van der Waals surface area contributed by atoms with E-state index in [4.69, 9.17) is 0 Å². The highest BCUT2D eigenvalue weighted by Crippen LogP contribution is 2.35. The van der Waals surface area contributed by atoms with Crippen molar-refractivity contribution in [3.05, 3.63) is 34.0 Å². The van der Waals surface area contributed by atoms with Gasteiger partial charge < -0.3 is 4.90 Å². The van der Waals surface area contributed by atoms with Crippen LogP contribution < -0.4 is 0 Å². The van der Waals surface area contributed by atoms with Gasteiger partial charge in [-0.05, 0) is 13.3 Å². The number of nitrogens with zero attached hydrogens (tertiary/aromatic N) is 6. The number of rotatable bonds is 5. The Morgan fingerprint density at radius 3 is 2.80 bits per heavy atom. The second-order valence-corrected chi connectivity index (χ2v) is 10.5. The first kappa shape index (κ1) is 21.3. The summed E-state index contributed by atoms with van der Waals surface area (Å²) in [5.74, 6) is 0.0758. The van der Waals surface area contributed by atoms with Crippen molar-refractivity contribution in [3.8, 4) is 0 Å². The summed E-state index contributed by atoms with van der Waals surface area (Å²) >= 11 is 3.41. The van der Waals surface area contributed by atoms with E-state index in [1.54, 1.807) is 34.0 Å². The number of amides is 1.